The van der Waals surface area contributed by atoms with Crippen LogP contribution in [0.2, 0.25) is 0 Å². The Kier molecular flexibility index (Phi) is 6.44. The van der Waals surface area contributed by atoms with Crippen molar-refractivity contribution in [3.05, 3.63) is 69.4 Å². The van der Waals surface area contributed by atoms with Gasteiger partial charge < -0.3 is 16.0 Å². The van der Waals surface area contributed by atoms with Gasteiger partial charge in [-0.1, -0.05) is 18.2 Å². The van der Waals surface area contributed by atoms with E-state index in [0.717, 1.165) is 12.8 Å². The van der Waals surface area contributed by atoms with Crippen molar-refractivity contribution in [3.8, 4) is 0 Å². The van der Waals surface area contributed by atoms with E-state index in [4.69, 9.17) is 0 Å². The molecule has 2 aromatic rings. The molecule has 0 aliphatic heterocycles. The number of carbonyl (C=O) groups excluding carboxylic acids is 3. The lowest BCUT2D eigenvalue weighted by Gasteiger charge is -2.15. The minimum atomic E-state index is -0.601. The summed E-state index contributed by atoms with van der Waals surface area (Å²) in [5.41, 5.74) is 1.91. The lowest BCUT2D eigenvalue weighted by molar-refractivity contribution is -0.384. The van der Waals surface area contributed by atoms with Crippen molar-refractivity contribution in [3.63, 3.8) is 0 Å². The van der Waals surface area contributed by atoms with Crippen molar-refractivity contribution in [2.24, 2.45) is 5.92 Å². The highest BCUT2D eigenvalue weighted by molar-refractivity contribution is 6.09. The molecule has 0 spiro atoms. The summed E-state index contributed by atoms with van der Waals surface area (Å²) in [5.74, 6) is -1.07. The average molecular weight is 422 g/mol. The summed E-state index contributed by atoms with van der Waals surface area (Å²) in [4.78, 5) is 47.0. The highest BCUT2D eigenvalue weighted by Crippen LogP contribution is 2.31. The SMILES string of the molecule is CC(=O)N/C(=C\c1cccc([N+](=O)[O-])c1)C(=O)Nc1cccc(NC(=O)C2CC2)c1C. The number of nitro groups is 1. The Labute approximate surface area is 178 Å². The summed E-state index contributed by atoms with van der Waals surface area (Å²) in [6, 6.07) is 10.8. The van der Waals surface area contributed by atoms with E-state index in [9.17, 15) is 24.5 Å². The summed E-state index contributed by atoms with van der Waals surface area (Å²) < 4.78 is 0. The van der Waals surface area contributed by atoms with Crippen LogP contribution in [0, 0.1) is 23.0 Å². The standard InChI is InChI=1S/C22H22N4O5/c1-13-18(24-21(28)16-9-10-16)7-4-8-19(13)25-22(29)20(23-14(2)27)12-15-5-3-6-17(11-15)26(30)31/h3-8,11-12,16H,9-10H2,1-2H3,(H,23,27)(H,24,28)(H,25,29)/b20-12-. The van der Waals surface area contributed by atoms with E-state index in [1.807, 2.05) is 0 Å². The normalized spacial score (nSPS) is 13.3. The minimum absolute atomic E-state index is 0.0434. The van der Waals surface area contributed by atoms with E-state index in [2.05, 4.69) is 16.0 Å². The zero-order valence-electron chi connectivity index (χ0n) is 17.1. The second-order valence-electron chi connectivity index (χ2n) is 7.29. The van der Waals surface area contributed by atoms with Crippen LogP contribution < -0.4 is 16.0 Å². The van der Waals surface area contributed by atoms with E-state index in [0.29, 0.717) is 22.5 Å². The number of carbonyl (C=O) groups is 3. The van der Waals surface area contributed by atoms with Gasteiger partial charge in [-0.15, -0.1) is 0 Å². The third-order valence-electron chi connectivity index (χ3n) is 4.74. The van der Waals surface area contributed by atoms with Crippen LogP contribution in [-0.4, -0.2) is 22.6 Å². The summed E-state index contributed by atoms with van der Waals surface area (Å²) >= 11 is 0. The van der Waals surface area contributed by atoms with Crippen molar-refractivity contribution < 1.29 is 19.3 Å². The van der Waals surface area contributed by atoms with E-state index in [1.54, 1.807) is 31.2 Å². The summed E-state index contributed by atoms with van der Waals surface area (Å²) in [5, 5.41) is 19.0. The summed E-state index contributed by atoms with van der Waals surface area (Å²) in [7, 11) is 0. The molecule has 160 valence electrons. The maximum atomic E-state index is 12.9. The molecule has 0 heterocycles. The van der Waals surface area contributed by atoms with Crippen molar-refractivity contribution in [2.45, 2.75) is 26.7 Å². The van der Waals surface area contributed by atoms with E-state index in [1.165, 1.54) is 31.2 Å². The van der Waals surface area contributed by atoms with Gasteiger partial charge >= 0.3 is 0 Å². The van der Waals surface area contributed by atoms with E-state index < -0.39 is 16.7 Å². The van der Waals surface area contributed by atoms with Gasteiger partial charge in [0.15, 0.2) is 0 Å². The Bertz CT molecular complexity index is 1090. The second-order valence-corrected chi connectivity index (χ2v) is 7.29. The molecule has 9 nitrogen and oxygen atoms in total. The topological polar surface area (TPSA) is 130 Å². The Morgan fingerprint density at radius 2 is 1.71 bits per heavy atom. The molecule has 2 aromatic carbocycles. The molecule has 0 aromatic heterocycles. The number of rotatable bonds is 7. The largest absolute Gasteiger partial charge is 0.326 e. The van der Waals surface area contributed by atoms with Crippen LogP contribution in [0.1, 0.15) is 30.9 Å². The highest BCUT2D eigenvalue weighted by Gasteiger charge is 2.30. The van der Waals surface area contributed by atoms with Crippen molar-refractivity contribution in [1.82, 2.24) is 5.32 Å². The number of nitro benzene ring substituents is 1. The fourth-order valence-corrected chi connectivity index (χ4v) is 2.92. The monoisotopic (exact) mass is 422 g/mol. The number of amides is 3. The molecule has 31 heavy (non-hydrogen) atoms. The van der Waals surface area contributed by atoms with Gasteiger partial charge in [0, 0.05) is 36.3 Å². The first kappa shape index (κ1) is 21.7. The van der Waals surface area contributed by atoms with Gasteiger partial charge in [-0.25, -0.2) is 0 Å². The molecule has 0 saturated heterocycles. The fourth-order valence-electron chi connectivity index (χ4n) is 2.92. The van der Waals surface area contributed by atoms with Crippen LogP contribution in [0.25, 0.3) is 6.08 Å². The Morgan fingerprint density at radius 3 is 2.32 bits per heavy atom. The first-order valence-electron chi connectivity index (χ1n) is 9.70. The molecule has 0 radical (unpaired) electrons. The first-order chi connectivity index (χ1) is 14.7. The van der Waals surface area contributed by atoms with Gasteiger partial charge in [-0.05, 0) is 49.1 Å². The van der Waals surface area contributed by atoms with Crippen LogP contribution >= 0.6 is 0 Å². The van der Waals surface area contributed by atoms with Crippen molar-refractivity contribution in [1.29, 1.82) is 0 Å². The molecule has 0 bridgehead atoms. The lowest BCUT2D eigenvalue weighted by Crippen LogP contribution is -2.29. The summed E-state index contributed by atoms with van der Waals surface area (Å²) in [6.07, 6.45) is 3.12. The molecule has 3 N–H and O–H groups in total. The Balaban J connectivity index is 1.84. The van der Waals surface area contributed by atoms with Crippen LogP contribution in [0.3, 0.4) is 0 Å². The third-order valence-corrected chi connectivity index (χ3v) is 4.74. The molecule has 1 fully saturated rings. The molecule has 1 saturated carbocycles. The zero-order chi connectivity index (χ0) is 22.5. The molecule has 3 rings (SSSR count). The number of anilines is 2. The van der Waals surface area contributed by atoms with Gasteiger partial charge in [0.1, 0.15) is 5.70 Å². The summed E-state index contributed by atoms with van der Waals surface area (Å²) in [6.45, 7) is 3.02. The van der Waals surface area contributed by atoms with Crippen LogP contribution in [0.5, 0.6) is 0 Å². The molecule has 1 aliphatic carbocycles. The molecule has 9 heteroatoms. The van der Waals surface area contributed by atoms with Gasteiger partial charge in [-0.2, -0.15) is 0 Å². The van der Waals surface area contributed by atoms with Gasteiger partial charge in [0.2, 0.25) is 11.8 Å². The van der Waals surface area contributed by atoms with Crippen molar-refractivity contribution >= 4 is 40.9 Å². The average Bonchev–Trinajstić information content (AvgIpc) is 3.55. The molecular formula is C22H22N4O5. The third kappa shape index (κ3) is 5.75. The quantitative estimate of drug-likeness (QED) is 0.358. The highest BCUT2D eigenvalue weighted by atomic mass is 16.6. The van der Waals surface area contributed by atoms with E-state index >= 15 is 0 Å². The van der Waals surface area contributed by atoms with Crippen LogP contribution in [0.15, 0.2) is 48.2 Å². The predicted molar refractivity (Wildman–Crippen MR) is 116 cm³/mol. The van der Waals surface area contributed by atoms with Crippen LogP contribution in [-0.2, 0) is 14.4 Å². The smallest absolute Gasteiger partial charge is 0.272 e. The zero-order valence-corrected chi connectivity index (χ0v) is 17.1. The van der Waals surface area contributed by atoms with Gasteiger partial charge in [-0.3, -0.25) is 24.5 Å². The molecular weight excluding hydrogens is 400 g/mol. The fraction of sp³-hybridized carbons (Fsp3) is 0.227. The minimum Gasteiger partial charge on any atom is -0.326 e. The predicted octanol–water partition coefficient (Wildman–Crippen LogP) is 3.37. The first-order valence-corrected chi connectivity index (χ1v) is 9.70. The molecule has 1 aliphatic rings. The number of benzene rings is 2. The number of nitrogens with zero attached hydrogens (tertiary/aromatic N) is 1. The van der Waals surface area contributed by atoms with Gasteiger partial charge in [0.05, 0.1) is 4.92 Å². The number of hydrogen-bond acceptors (Lipinski definition) is 5. The number of nitrogens with one attached hydrogen (secondary N) is 3. The maximum absolute atomic E-state index is 12.9. The van der Waals surface area contributed by atoms with Crippen molar-refractivity contribution in [2.75, 3.05) is 10.6 Å². The molecule has 0 unspecified atom stereocenters. The van der Waals surface area contributed by atoms with Gasteiger partial charge in [0.25, 0.3) is 11.6 Å². The van der Waals surface area contributed by atoms with E-state index in [-0.39, 0.29) is 23.2 Å². The molecule has 0 atom stereocenters. The number of hydrogen-bond donors (Lipinski definition) is 3. The maximum Gasteiger partial charge on any atom is 0.272 e. The Hall–Kier alpha value is -4.01. The Morgan fingerprint density at radius 1 is 1.06 bits per heavy atom. The number of non-ortho nitro benzene ring substituents is 1. The second kappa shape index (κ2) is 9.21. The lowest BCUT2D eigenvalue weighted by atomic mass is 10.1. The van der Waals surface area contributed by atoms with Crippen LogP contribution in [0.4, 0.5) is 17.1 Å². The molecule has 3 amide bonds.